The van der Waals surface area contributed by atoms with E-state index in [1.54, 1.807) is 18.2 Å². The first kappa shape index (κ1) is 27.0. The molecule has 3 rings (SSSR count). The molecule has 0 spiro atoms. The minimum atomic E-state index is -4.01. The van der Waals surface area contributed by atoms with Crippen molar-refractivity contribution in [3.05, 3.63) is 53.8 Å². The van der Waals surface area contributed by atoms with Gasteiger partial charge in [-0.25, -0.2) is 12.8 Å². The number of anilines is 1. The van der Waals surface area contributed by atoms with Crippen LogP contribution in [0.2, 0.25) is 0 Å². The molecule has 0 aromatic heterocycles. The van der Waals surface area contributed by atoms with Crippen LogP contribution in [0.3, 0.4) is 0 Å². The van der Waals surface area contributed by atoms with E-state index < -0.39 is 33.2 Å². The first-order chi connectivity index (χ1) is 16.2. The second kappa shape index (κ2) is 9.81. The summed E-state index contributed by atoms with van der Waals surface area (Å²) in [4.78, 5) is 26.3. The van der Waals surface area contributed by atoms with Gasteiger partial charge in [-0.3, -0.25) is 13.9 Å². The number of halogens is 1. The van der Waals surface area contributed by atoms with E-state index in [0.717, 1.165) is 12.1 Å². The van der Waals surface area contributed by atoms with Gasteiger partial charge < -0.3 is 10.6 Å². The van der Waals surface area contributed by atoms with Crippen molar-refractivity contribution in [1.82, 2.24) is 10.6 Å². The highest BCUT2D eigenvalue weighted by atomic mass is 32.2. The maximum atomic E-state index is 13.6. The summed E-state index contributed by atoms with van der Waals surface area (Å²) in [6.07, 6.45) is 0.567. The topological polar surface area (TPSA) is 95.6 Å². The van der Waals surface area contributed by atoms with Crippen LogP contribution in [-0.2, 0) is 14.8 Å². The number of likely N-dealkylation sites (N-methyl/N-ethyl adjacent to an activating group) is 1. The summed E-state index contributed by atoms with van der Waals surface area (Å²) in [5.74, 6) is -1.33. The van der Waals surface area contributed by atoms with Crippen LogP contribution in [0.15, 0.2) is 52.3 Å². The number of thioether (sulfide) groups is 1. The normalized spacial score (nSPS) is 16.6. The number of hydrogen-bond donors (Lipinski definition) is 2. The number of carbonyl (C=O) groups is 2. The molecule has 2 aromatic carbocycles. The average molecular weight is 522 g/mol. The maximum absolute atomic E-state index is 13.6. The lowest BCUT2D eigenvalue weighted by molar-refractivity contribution is -0.124. The lowest BCUT2D eigenvalue weighted by atomic mass is 9.86. The lowest BCUT2D eigenvalue weighted by Crippen LogP contribution is -2.52. The number of carbonyl (C=O) groups excluding carboxylic acids is 2. The van der Waals surface area contributed by atoms with Gasteiger partial charge in [0.2, 0.25) is 5.91 Å². The zero-order valence-electron chi connectivity index (χ0n) is 20.8. The van der Waals surface area contributed by atoms with Crippen molar-refractivity contribution in [3.63, 3.8) is 0 Å². The third kappa shape index (κ3) is 5.98. The molecule has 0 saturated heterocycles. The number of nitrogens with zero attached hydrogens (tertiary/aromatic N) is 1. The third-order valence-electron chi connectivity index (χ3n) is 5.84. The molecule has 35 heavy (non-hydrogen) atoms. The third-order valence-corrected chi connectivity index (χ3v) is 8.99. The van der Waals surface area contributed by atoms with E-state index in [1.807, 2.05) is 34.6 Å². The SMILES string of the molecule is CNC(=O)[C@@H](NC(=O)c1ccc2c(c1)N(S(=O)(=O)c1ccc(F)cc1)CCC(C)(C)S2)C(C)(C)C. The Bertz CT molecular complexity index is 1220. The predicted octanol–water partition coefficient (Wildman–Crippen LogP) is 4.19. The molecule has 2 N–H and O–H groups in total. The summed E-state index contributed by atoms with van der Waals surface area (Å²) < 4.78 is 41.7. The fraction of sp³-hybridized carbons (Fsp3) is 0.440. The van der Waals surface area contributed by atoms with Gasteiger partial charge in [0.25, 0.3) is 15.9 Å². The molecule has 1 aliphatic rings. The first-order valence-electron chi connectivity index (χ1n) is 11.3. The van der Waals surface area contributed by atoms with Crippen molar-refractivity contribution in [2.45, 2.75) is 61.6 Å². The Morgan fingerprint density at radius 2 is 1.74 bits per heavy atom. The highest BCUT2D eigenvalue weighted by Crippen LogP contribution is 2.45. The van der Waals surface area contributed by atoms with E-state index in [0.29, 0.717) is 17.0 Å². The average Bonchev–Trinajstić information content (AvgIpc) is 2.90. The molecular weight excluding hydrogens is 489 g/mol. The van der Waals surface area contributed by atoms with Crippen molar-refractivity contribution >= 4 is 39.3 Å². The van der Waals surface area contributed by atoms with Crippen molar-refractivity contribution in [3.8, 4) is 0 Å². The molecular formula is C25H32FN3O4S2. The predicted molar refractivity (Wildman–Crippen MR) is 137 cm³/mol. The van der Waals surface area contributed by atoms with E-state index >= 15 is 0 Å². The largest absolute Gasteiger partial charge is 0.357 e. The van der Waals surface area contributed by atoms with Gasteiger partial charge in [0.15, 0.2) is 0 Å². The minimum absolute atomic E-state index is 0.0307. The van der Waals surface area contributed by atoms with Crippen molar-refractivity contribution < 1.29 is 22.4 Å². The van der Waals surface area contributed by atoms with E-state index in [4.69, 9.17) is 0 Å². The zero-order valence-corrected chi connectivity index (χ0v) is 22.4. The molecule has 0 unspecified atom stereocenters. The summed E-state index contributed by atoms with van der Waals surface area (Å²) in [6.45, 7) is 9.81. The first-order valence-corrected chi connectivity index (χ1v) is 13.6. The monoisotopic (exact) mass is 521 g/mol. The summed E-state index contributed by atoms with van der Waals surface area (Å²) in [7, 11) is -2.51. The number of fused-ring (bicyclic) bond motifs is 1. The Morgan fingerprint density at radius 3 is 2.31 bits per heavy atom. The molecule has 0 aliphatic carbocycles. The summed E-state index contributed by atoms with van der Waals surface area (Å²) in [5.41, 5.74) is 0.0746. The lowest BCUT2D eigenvalue weighted by Gasteiger charge is -2.30. The van der Waals surface area contributed by atoms with Gasteiger partial charge in [-0.1, -0.05) is 34.6 Å². The second-order valence-electron chi connectivity index (χ2n) is 10.2. The Morgan fingerprint density at radius 1 is 1.11 bits per heavy atom. The zero-order chi connectivity index (χ0) is 26.2. The van der Waals surface area contributed by atoms with Crippen molar-refractivity contribution in [2.75, 3.05) is 17.9 Å². The van der Waals surface area contributed by atoms with Gasteiger partial charge in [-0.15, -0.1) is 11.8 Å². The molecule has 0 radical (unpaired) electrons. The van der Waals surface area contributed by atoms with Gasteiger partial charge in [0, 0.05) is 28.8 Å². The number of amides is 2. The van der Waals surface area contributed by atoms with Crippen molar-refractivity contribution in [2.24, 2.45) is 5.41 Å². The molecule has 0 fully saturated rings. The molecule has 190 valence electrons. The van der Waals surface area contributed by atoms with Gasteiger partial charge in [-0.05, 0) is 54.3 Å². The van der Waals surface area contributed by atoms with Crippen LogP contribution in [0.25, 0.3) is 0 Å². The molecule has 1 atom stereocenters. The van der Waals surface area contributed by atoms with Gasteiger partial charge in [0.05, 0.1) is 10.6 Å². The van der Waals surface area contributed by atoms with E-state index in [2.05, 4.69) is 10.6 Å². The van der Waals surface area contributed by atoms with Crippen LogP contribution in [0, 0.1) is 11.2 Å². The van der Waals surface area contributed by atoms with E-state index in [-0.39, 0.29) is 27.7 Å². The molecule has 0 saturated carbocycles. The minimum Gasteiger partial charge on any atom is -0.357 e. The second-order valence-corrected chi connectivity index (χ2v) is 13.8. The smallest absolute Gasteiger partial charge is 0.264 e. The van der Waals surface area contributed by atoms with Crippen LogP contribution in [-0.4, -0.2) is 44.6 Å². The van der Waals surface area contributed by atoms with Crippen molar-refractivity contribution in [1.29, 1.82) is 0 Å². The fourth-order valence-corrected chi connectivity index (χ4v) is 6.53. The van der Waals surface area contributed by atoms with Gasteiger partial charge in [-0.2, -0.15) is 0 Å². The number of rotatable bonds is 5. The Hall–Kier alpha value is -2.59. The number of sulfonamides is 1. The molecule has 7 nitrogen and oxygen atoms in total. The van der Waals surface area contributed by atoms with Gasteiger partial charge in [0.1, 0.15) is 11.9 Å². The number of nitrogens with one attached hydrogen (secondary N) is 2. The Kier molecular flexibility index (Phi) is 7.57. The molecule has 2 aromatic rings. The molecule has 10 heteroatoms. The van der Waals surface area contributed by atoms with E-state index in [9.17, 15) is 22.4 Å². The standard InChI is InChI=1S/C25H32FN3O4S2/c1-24(2,3)21(23(31)27-6)28-22(30)16-7-12-20-19(15-16)29(14-13-25(4,5)34-20)35(32,33)18-10-8-17(26)9-11-18/h7-12,15,21H,13-14H2,1-6H3,(H,27,31)(H,28,30)/t21-/m1/s1. The van der Waals surface area contributed by atoms with Gasteiger partial charge >= 0.3 is 0 Å². The molecule has 1 aliphatic heterocycles. The molecule has 2 amide bonds. The fourth-order valence-electron chi connectivity index (χ4n) is 3.80. The van der Waals surface area contributed by atoms with Crippen LogP contribution < -0.4 is 14.9 Å². The van der Waals surface area contributed by atoms with Crippen LogP contribution in [0.1, 0.15) is 51.4 Å². The molecule has 0 bridgehead atoms. The van der Waals surface area contributed by atoms with Crippen LogP contribution in [0.4, 0.5) is 10.1 Å². The quantitative estimate of drug-likeness (QED) is 0.615. The summed E-state index contributed by atoms with van der Waals surface area (Å²) in [5, 5.41) is 5.36. The highest BCUT2D eigenvalue weighted by molar-refractivity contribution is 8.01. The maximum Gasteiger partial charge on any atom is 0.264 e. The summed E-state index contributed by atoms with van der Waals surface area (Å²) in [6, 6.07) is 8.83. The number of hydrogen-bond acceptors (Lipinski definition) is 5. The summed E-state index contributed by atoms with van der Waals surface area (Å²) >= 11 is 1.54. The van der Waals surface area contributed by atoms with E-state index in [1.165, 1.54) is 35.2 Å². The molecule has 1 heterocycles. The highest BCUT2D eigenvalue weighted by Gasteiger charge is 2.36. The van der Waals surface area contributed by atoms with Crippen LogP contribution in [0.5, 0.6) is 0 Å². The Balaban J connectivity index is 2.06. The Labute approximate surface area is 210 Å². The van der Waals surface area contributed by atoms with Crippen LogP contribution >= 0.6 is 11.8 Å². The number of benzene rings is 2.